The van der Waals surface area contributed by atoms with Crippen LogP contribution in [0.1, 0.15) is 59.3 Å². The molecule has 0 bridgehead atoms. The van der Waals surface area contributed by atoms with Crippen LogP contribution >= 0.6 is 0 Å². The number of aliphatic carboxylic acids is 1. The van der Waals surface area contributed by atoms with Gasteiger partial charge in [-0.2, -0.15) is 0 Å². The van der Waals surface area contributed by atoms with E-state index in [2.05, 4.69) is 19.9 Å². The second-order valence-electron chi connectivity index (χ2n) is 8.32. The van der Waals surface area contributed by atoms with Crippen molar-refractivity contribution in [3.8, 4) is 0 Å². The maximum atomic E-state index is 12.0. The summed E-state index contributed by atoms with van der Waals surface area (Å²) in [6.07, 6.45) is 9.40. The van der Waals surface area contributed by atoms with Crippen LogP contribution in [-0.2, 0) is 14.3 Å². The predicted molar refractivity (Wildman–Crippen MR) is 91.3 cm³/mol. The lowest BCUT2D eigenvalue weighted by molar-refractivity contribution is -0.162. The summed E-state index contributed by atoms with van der Waals surface area (Å²) in [6.45, 7) is 6.84. The second kappa shape index (κ2) is 6.05. The maximum absolute atomic E-state index is 12.0. The Labute approximate surface area is 144 Å². The number of carboxylic acids is 1. The highest BCUT2D eigenvalue weighted by Crippen LogP contribution is 2.60. The Hall–Kier alpha value is -1.58. The van der Waals surface area contributed by atoms with Gasteiger partial charge in [-0.15, -0.1) is 0 Å². The number of carbonyl (C=O) groups is 2. The average molecular weight is 332 g/mol. The van der Waals surface area contributed by atoms with Gasteiger partial charge >= 0.3 is 11.9 Å². The van der Waals surface area contributed by atoms with E-state index in [1.165, 1.54) is 5.57 Å². The zero-order valence-corrected chi connectivity index (χ0v) is 14.9. The fourth-order valence-electron chi connectivity index (χ4n) is 5.53. The molecule has 0 radical (unpaired) electrons. The number of esters is 1. The Morgan fingerprint density at radius 1 is 1.38 bits per heavy atom. The Morgan fingerprint density at radius 3 is 2.75 bits per heavy atom. The molecule has 1 N–H and O–H groups in total. The van der Waals surface area contributed by atoms with Gasteiger partial charge < -0.3 is 9.84 Å². The van der Waals surface area contributed by atoms with Gasteiger partial charge in [0.05, 0.1) is 5.41 Å². The smallest absolute Gasteiger partial charge is 0.331 e. The van der Waals surface area contributed by atoms with Crippen molar-refractivity contribution in [2.24, 2.45) is 22.7 Å². The minimum Gasteiger partial charge on any atom is -0.481 e. The monoisotopic (exact) mass is 332 g/mol. The van der Waals surface area contributed by atoms with Crippen LogP contribution in [0.3, 0.4) is 0 Å². The Balaban J connectivity index is 1.84. The molecule has 3 aliphatic rings. The number of carboxylic acid groups (broad SMARTS) is 1. The van der Waals surface area contributed by atoms with Crippen LogP contribution in [-0.4, -0.2) is 23.7 Å². The number of ether oxygens (including phenoxy) is 1. The molecular formula is C20H28O4. The summed E-state index contributed by atoms with van der Waals surface area (Å²) in [5.41, 5.74) is 1.84. The lowest BCUT2D eigenvalue weighted by Crippen LogP contribution is -2.52. The number of hydrogen-bond acceptors (Lipinski definition) is 3. The van der Waals surface area contributed by atoms with Crippen LogP contribution in [0.25, 0.3) is 0 Å². The highest BCUT2D eigenvalue weighted by Gasteiger charge is 2.56. The van der Waals surface area contributed by atoms with Crippen molar-refractivity contribution in [1.82, 2.24) is 0 Å². The first-order chi connectivity index (χ1) is 11.3. The van der Waals surface area contributed by atoms with E-state index >= 15 is 0 Å². The van der Waals surface area contributed by atoms with Crippen molar-refractivity contribution >= 4 is 11.9 Å². The van der Waals surface area contributed by atoms with Gasteiger partial charge in [-0.05, 0) is 68.8 Å². The molecule has 0 unspecified atom stereocenters. The van der Waals surface area contributed by atoms with Gasteiger partial charge in [0.1, 0.15) is 6.61 Å². The van der Waals surface area contributed by atoms with Gasteiger partial charge in [-0.3, -0.25) is 4.79 Å². The maximum Gasteiger partial charge on any atom is 0.331 e. The summed E-state index contributed by atoms with van der Waals surface area (Å²) >= 11 is 0. The van der Waals surface area contributed by atoms with Crippen molar-refractivity contribution in [2.45, 2.75) is 59.3 Å². The third kappa shape index (κ3) is 2.70. The van der Waals surface area contributed by atoms with E-state index in [-0.39, 0.29) is 17.3 Å². The van der Waals surface area contributed by atoms with E-state index in [1.54, 1.807) is 6.08 Å². The number of hydrogen-bond donors (Lipinski definition) is 1. The van der Waals surface area contributed by atoms with Crippen LogP contribution in [0, 0.1) is 22.7 Å². The summed E-state index contributed by atoms with van der Waals surface area (Å²) in [6, 6.07) is 0. The third-order valence-corrected chi connectivity index (χ3v) is 6.96. The van der Waals surface area contributed by atoms with Crippen molar-refractivity contribution in [3.63, 3.8) is 0 Å². The molecule has 1 fully saturated rings. The minimum absolute atomic E-state index is 0.0221. The third-order valence-electron chi connectivity index (χ3n) is 6.96. The Kier molecular flexibility index (Phi) is 4.35. The summed E-state index contributed by atoms with van der Waals surface area (Å²) in [4.78, 5) is 23.2. The van der Waals surface area contributed by atoms with Crippen molar-refractivity contribution < 1.29 is 19.4 Å². The van der Waals surface area contributed by atoms with Crippen molar-refractivity contribution in [2.75, 3.05) is 6.61 Å². The van der Waals surface area contributed by atoms with Gasteiger partial charge in [-0.25, -0.2) is 4.79 Å². The molecule has 0 aromatic heterocycles. The molecule has 0 saturated heterocycles. The van der Waals surface area contributed by atoms with Crippen LogP contribution < -0.4 is 0 Å². The van der Waals surface area contributed by atoms with Crippen molar-refractivity contribution in [1.29, 1.82) is 0 Å². The lowest BCUT2D eigenvalue weighted by atomic mass is 9.47. The number of carbonyl (C=O) groups excluding carboxylic acids is 1. The van der Waals surface area contributed by atoms with Gasteiger partial charge in [0.2, 0.25) is 0 Å². The first-order valence-corrected chi connectivity index (χ1v) is 9.03. The fraction of sp³-hybridized carbons (Fsp3) is 0.700. The summed E-state index contributed by atoms with van der Waals surface area (Å²) in [5, 5.41) is 9.85. The van der Waals surface area contributed by atoms with Crippen molar-refractivity contribution in [3.05, 3.63) is 23.3 Å². The number of allylic oxidation sites excluding steroid dienone is 2. The number of cyclic esters (lactones) is 1. The molecule has 1 saturated carbocycles. The van der Waals surface area contributed by atoms with Crippen LogP contribution in [0.5, 0.6) is 0 Å². The van der Waals surface area contributed by atoms with Gasteiger partial charge in [0.25, 0.3) is 0 Å². The zero-order chi connectivity index (χ0) is 17.5. The molecular weight excluding hydrogens is 304 g/mol. The quantitative estimate of drug-likeness (QED) is 0.621. The standard InChI is InChI=1S/C20H28O4/c1-13-5-8-16-19(2,9-4-10-20(16,3)18(22)23)15(13)7-6-14-11-17(21)24-12-14/h5,11,15-16H,4,6-10,12H2,1-3H3,(H,22,23)/t15-,16+,19+,20+/m0/s1. The molecule has 4 heteroatoms. The van der Waals surface area contributed by atoms with Gasteiger partial charge in [-0.1, -0.05) is 25.0 Å². The number of rotatable bonds is 4. The SMILES string of the molecule is CC1=CC[C@@H]2[C@](C)(CCC[C@@]2(C)C(=O)O)[C@H]1CCC1=CC(=O)OC1. The van der Waals surface area contributed by atoms with Gasteiger partial charge in [0.15, 0.2) is 0 Å². The highest BCUT2D eigenvalue weighted by molar-refractivity contribution is 5.85. The molecule has 1 aliphatic heterocycles. The molecule has 0 amide bonds. The molecule has 24 heavy (non-hydrogen) atoms. The van der Waals surface area contributed by atoms with Crippen LogP contribution in [0.15, 0.2) is 23.3 Å². The largest absolute Gasteiger partial charge is 0.481 e. The van der Waals surface area contributed by atoms with E-state index in [4.69, 9.17) is 4.74 Å². The summed E-state index contributed by atoms with van der Waals surface area (Å²) in [5.74, 6) is -0.323. The van der Waals surface area contributed by atoms with Crippen LogP contribution in [0.4, 0.5) is 0 Å². The molecule has 4 atom stereocenters. The van der Waals surface area contributed by atoms with E-state index in [1.807, 2.05) is 6.92 Å². The number of fused-ring (bicyclic) bond motifs is 1. The highest BCUT2D eigenvalue weighted by atomic mass is 16.5. The lowest BCUT2D eigenvalue weighted by Gasteiger charge is -2.56. The Bertz CT molecular complexity index is 617. The summed E-state index contributed by atoms with van der Waals surface area (Å²) < 4.78 is 5.00. The average Bonchev–Trinajstić information content (AvgIpc) is 2.91. The molecule has 3 rings (SSSR count). The molecule has 4 nitrogen and oxygen atoms in total. The first-order valence-electron chi connectivity index (χ1n) is 9.03. The molecule has 0 aromatic rings. The van der Waals surface area contributed by atoms with Gasteiger partial charge in [0, 0.05) is 6.08 Å². The molecule has 1 heterocycles. The van der Waals surface area contributed by atoms with Crippen LogP contribution in [0.2, 0.25) is 0 Å². The molecule has 2 aliphatic carbocycles. The second-order valence-corrected chi connectivity index (χ2v) is 8.32. The minimum atomic E-state index is -0.650. The van der Waals surface area contributed by atoms with E-state index in [9.17, 15) is 14.7 Å². The zero-order valence-electron chi connectivity index (χ0n) is 14.9. The first kappa shape index (κ1) is 17.2. The normalized spacial score (nSPS) is 38.9. The molecule has 0 spiro atoms. The van der Waals surface area contributed by atoms with E-state index in [0.29, 0.717) is 12.5 Å². The Morgan fingerprint density at radius 2 is 2.12 bits per heavy atom. The molecule has 0 aromatic carbocycles. The predicted octanol–water partition coefficient (Wildman–Crippen LogP) is 4.11. The summed E-state index contributed by atoms with van der Waals surface area (Å²) in [7, 11) is 0. The molecule has 132 valence electrons. The fourth-order valence-corrected chi connectivity index (χ4v) is 5.53. The van der Waals surface area contributed by atoms with E-state index < -0.39 is 11.4 Å². The van der Waals surface area contributed by atoms with E-state index in [0.717, 1.165) is 44.1 Å². The topological polar surface area (TPSA) is 63.6 Å².